The van der Waals surface area contributed by atoms with Crippen molar-refractivity contribution in [2.24, 2.45) is 0 Å². The molecule has 1 N–H and O–H groups in total. The molecule has 1 aliphatic heterocycles. The highest BCUT2D eigenvalue weighted by Gasteiger charge is 2.27. The van der Waals surface area contributed by atoms with Gasteiger partial charge >= 0.3 is 0 Å². The average molecular weight is 617 g/mol. The van der Waals surface area contributed by atoms with Crippen LogP contribution in [0.1, 0.15) is 5.56 Å². The first-order valence-corrected chi connectivity index (χ1v) is 15.7. The first kappa shape index (κ1) is 29.1. The van der Waals surface area contributed by atoms with Crippen LogP contribution in [0, 0.1) is 5.82 Å². The number of likely N-dealkylation sites (N-methyl/N-ethyl adjacent to an activating group) is 1. The van der Waals surface area contributed by atoms with E-state index in [1.54, 1.807) is 46.9 Å². The highest BCUT2D eigenvalue weighted by molar-refractivity contribution is 7.89. The van der Waals surface area contributed by atoms with Crippen LogP contribution < -0.4 is 10.1 Å². The van der Waals surface area contributed by atoms with Gasteiger partial charge in [0.2, 0.25) is 10.0 Å². The second-order valence-electron chi connectivity index (χ2n) is 10.5. The van der Waals surface area contributed by atoms with Gasteiger partial charge in [-0.15, -0.1) is 0 Å². The van der Waals surface area contributed by atoms with E-state index in [9.17, 15) is 12.8 Å². The minimum absolute atomic E-state index is 0.201. The fourth-order valence-electron chi connectivity index (χ4n) is 5.07. The number of nitrogens with one attached hydrogen (secondary N) is 1. The minimum Gasteiger partial charge on any atom is -0.487 e. The largest absolute Gasteiger partial charge is 0.487 e. The first-order chi connectivity index (χ1) is 20.8. The van der Waals surface area contributed by atoms with E-state index < -0.39 is 10.0 Å². The second kappa shape index (κ2) is 12.3. The van der Waals surface area contributed by atoms with E-state index in [0.717, 1.165) is 40.7 Å². The Kier molecular flexibility index (Phi) is 8.32. The average Bonchev–Trinajstić information content (AvgIpc) is 3.01. The number of fused-ring (bicyclic) bond motifs is 1. The molecule has 1 aromatic heterocycles. The van der Waals surface area contributed by atoms with E-state index in [1.807, 2.05) is 43.4 Å². The van der Waals surface area contributed by atoms with Gasteiger partial charge < -0.3 is 15.0 Å². The lowest BCUT2D eigenvalue weighted by molar-refractivity contribution is 0.222. The highest BCUT2D eigenvalue weighted by Crippen LogP contribution is 2.33. The van der Waals surface area contributed by atoms with Crippen LogP contribution in [0.15, 0.2) is 102 Å². The Balaban J connectivity index is 1.17. The summed E-state index contributed by atoms with van der Waals surface area (Å²) in [7, 11) is -1.52. The maximum Gasteiger partial charge on any atom is 0.243 e. The molecule has 1 fully saturated rings. The van der Waals surface area contributed by atoms with E-state index in [2.05, 4.69) is 21.3 Å². The lowest BCUT2D eigenvalue weighted by atomic mass is 10.0. The number of nitrogens with zero attached hydrogens (tertiary/aromatic N) is 3. The van der Waals surface area contributed by atoms with Crippen LogP contribution in [-0.2, 0) is 16.6 Å². The van der Waals surface area contributed by atoms with E-state index in [4.69, 9.17) is 16.3 Å². The zero-order valence-electron chi connectivity index (χ0n) is 23.5. The molecular formula is C33H30ClFN4O3S. The van der Waals surface area contributed by atoms with Crippen molar-refractivity contribution in [3.8, 4) is 16.9 Å². The van der Waals surface area contributed by atoms with Gasteiger partial charge in [0.05, 0.1) is 9.92 Å². The molecule has 0 bridgehead atoms. The summed E-state index contributed by atoms with van der Waals surface area (Å²) in [6.07, 6.45) is 1.73. The van der Waals surface area contributed by atoms with Crippen molar-refractivity contribution in [2.75, 3.05) is 38.5 Å². The molecule has 0 spiro atoms. The number of benzene rings is 4. The third-order valence-corrected chi connectivity index (χ3v) is 9.74. The summed E-state index contributed by atoms with van der Waals surface area (Å²) >= 11 is 6.49. The highest BCUT2D eigenvalue weighted by atomic mass is 35.5. The summed E-state index contributed by atoms with van der Waals surface area (Å²) in [5.74, 6) is 0.850. The van der Waals surface area contributed by atoms with Crippen molar-refractivity contribution < 1.29 is 17.5 Å². The fourth-order valence-corrected chi connectivity index (χ4v) is 6.73. The molecule has 10 heteroatoms. The molecular weight excluding hydrogens is 587 g/mol. The Bertz CT molecular complexity index is 1880. The predicted molar refractivity (Wildman–Crippen MR) is 169 cm³/mol. The minimum atomic E-state index is -3.52. The Morgan fingerprint density at radius 3 is 2.42 bits per heavy atom. The van der Waals surface area contributed by atoms with Gasteiger partial charge in [0.15, 0.2) is 0 Å². The molecule has 43 heavy (non-hydrogen) atoms. The zero-order valence-corrected chi connectivity index (χ0v) is 25.1. The molecule has 7 nitrogen and oxygen atoms in total. The number of pyridine rings is 1. The Hall–Kier alpha value is -4.02. The Morgan fingerprint density at radius 2 is 1.67 bits per heavy atom. The predicted octanol–water partition coefficient (Wildman–Crippen LogP) is 6.95. The summed E-state index contributed by atoms with van der Waals surface area (Å²) < 4.78 is 47.0. The van der Waals surface area contributed by atoms with E-state index in [0.29, 0.717) is 40.1 Å². The lowest BCUT2D eigenvalue weighted by Crippen LogP contribution is -2.46. The number of halogens is 2. The van der Waals surface area contributed by atoms with Gasteiger partial charge in [0.1, 0.15) is 24.0 Å². The number of anilines is 2. The van der Waals surface area contributed by atoms with Crippen LogP contribution in [0.2, 0.25) is 5.02 Å². The fraction of sp³-hybridized carbons (Fsp3) is 0.182. The third-order valence-electron chi connectivity index (χ3n) is 7.53. The summed E-state index contributed by atoms with van der Waals surface area (Å²) in [6.45, 7) is 2.65. The van der Waals surface area contributed by atoms with Gasteiger partial charge in [-0.1, -0.05) is 48.0 Å². The number of rotatable bonds is 8. The molecule has 0 atom stereocenters. The molecule has 220 valence electrons. The van der Waals surface area contributed by atoms with Gasteiger partial charge in [0.25, 0.3) is 0 Å². The van der Waals surface area contributed by atoms with Crippen molar-refractivity contribution in [1.29, 1.82) is 0 Å². The SMILES string of the molecule is CN1CCN(S(=O)(=O)c2ccc(-c3ccc4c(Nc5ccc(OCc6cccc(F)c6)c(Cl)c5)nccc4c3)cc2)CC1. The van der Waals surface area contributed by atoms with Gasteiger partial charge in [0, 0.05) is 43.4 Å². The number of hydrogen-bond acceptors (Lipinski definition) is 6. The van der Waals surface area contributed by atoms with Crippen LogP contribution in [0.5, 0.6) is 5.75 Å². The van der Waals surface area contributed by atoms with Crippen molar-refractivity contribution in [3.63, 3.8) is 0 Å². The quantitative estimate of drug-likeness (QED) is 0.203. The van der Waals surface area contributed by atoms with Gasteiger partial charge in [-0.3, -0.25) is 0 Å². The molecule has 1 saturated heterocycles. The van der Waals surface area contributed by atoms with Crippen LogP contribution in [0.3, 0.4) is 0 Å². The number of piperazine rings is 1. The molecule has 6 rings (SSSR count). The Labute approximate surface area is 255 Å². The third kappa shape index (κ3) is 6.50. The molecule has 5 aromatic rings. The summed E-state index contributed by atoms with van der Waals surface area (Å²) in [6, 6.07) is 26.7. The lowest BCUT2D eigenvalue weighted by Gasteiger charge is -2.31. The zero-order chi connectivity index (χ0) is 30.0. The normalized spacial score (nSPS) is 14.6. The monoisotopic (exact) mass is 616 g/mol. The standard InChI is InChI=1S/C33H30ClFN4O3S/c1-38-15-17-39(18-16-38)43(40,41)29-9-5-24(6-10-29)25-7-11-30-26(20-25)13-14-36-33(30)37-28-8-12-32(31(34)21-28)42-22-23-3-2-4-27(35)19-23/h2-14,19-21H,15-18,22H2,1H3,(H,36,37). The van der Waals surface area contributed by atoms with Crippen LogP contribution >= 0.6 is 11.6 Å². The smallest absolute Gasteiger partial charge is 0.243 e. The molecule has 1 aliphatic rings. The maximum absolute atomic E-state index is 13.5. The van der Waals surface area contributed by atoms with Crippen molar-refractivity contribution in [2.45, 2.75) is 11.5 Å². The number of hydrogen-bond donors (Lipinski definition) is 1. The van der Waals surface area contributed by atoms with Crippen LogP contribution in [0.4, 0.5) is 15.9 Å². The summed E-state index contributed by atoms with van der Waals surface area (Å²) in [5.41, 5.74) is 3.34. The summed E-state index contributed by atoms with van der Waals surface area (Å²) in [4.78, 5) is 6.97. The summed E-state index contributed by atoms with van der Waals surface area (Å²) in [5, 5.41) is 5.65. The van der Waals surface area contributed by atoms with Gasteiger partial charge in [-0.2, -0.15) is 4.31 Å². The molecule has 0 aliphatic carbocycles. The van der Waals surface area contributed by atoms with E-state index >= 15 is 0 Å². The Morgan fingerprint density at radius 1 is 0.907 bits per heavy atom. The van der Waals surface area contributed by atoms with Crippen LogP contribution in [0.25, 0.3) is 21.9 Å². The second-order valence-corrected chi connectivity index (χ2v) is 12.9. The van der Waals surface area contributed by atoms with Crippen molar-refractivity contribution in [1.82, 2.24) is 14.2 Å². The van der Waals surface area contributed by atoms with Crippen molar-refractivity contribution >= 4 is 43.9 Å². The van der Waals surface area contributed by atoms with E-state index in [1.165, 1.54) is 12.1 Å². The van der Waals surface area contributed by atoms with Crippen molar-refractivity contribution in [3.05, 3.63) is 114 Å². The number of sulfonamides is 1. The first-order valence-electron chi connectivity index (χ1n) is 13.9. The number of aromatic nitrogens is 1. The molecule has 0 saturated carbocycles. The molecule has 0 amide bonds. The van der Waals surface area contributed by atoms with Gasteiger partial charge in [-0.25, -0.2) is 17.8 Å². The molecule has 0 unspecified atom stereocenters. The van der Waals surface area contributed by atoms with Crippen LogP contribution in [-0.4, -0.2) is 55.8 Å². The molecule has 4 aromatic carbocycles. The maximum atomic E-state index is 13.5. The van der Waals surface area contributed by atoms with E-state index in [-0.39, 0.29) is 12.4 Å². The molecule has 2 heterocycles. The topological polar surface area (TPSA) is 74.8 Å². The number of ether oxygens (including phenoxy) is 1. The van der Waals surface area contributed by atoms with Gasteiger partial charge in [-0.05, 0) is 83.7 Å². The molecule has 0 radical (unpaired) electrons.